The summed E-state index contributed by atoms with van der Waals surface area (Å²) in [4.78, 5) is 5.54. The quantitative estimate of drug-likeness (QED) is 0.606. The van der Waals surface area contributed by atoms with E-state index in [0.717, 1.165) is 6.54 Å². The van der Waals surface area contributed by atoms with Gasteiger partial charge in [-0.05, 0) is 18.9 Å². The van der Waals surface area contributed by atoms with Crippen molar-refractivity contribution >= 4 is 11.5 Å². The molecule has 64 valence electrons. The van der Waals surface area contributed by atoms with Gasteiger partial charge in [0.25, 0.3) is 0 Å². The van der Waals surface area contributed by atoms with Crippen LogP contribution in [0.15, 0.2) is 12.3 Å². The summed E-state index contributed by atoms with van der Waals surface area (Å²) in [6.45, 7) is 1.14. The molecule has 1 aliphatic heterocycles. The molecule has 3 nitrogen and oxygen atoms in total. The molecule has 3 heteroatoms. The van der Waals surface area contributed by atoms with Crippen molar-refractivity contribution in [3.63, 3.8) is 0 Å². The second-order valence-electron chi connectivity index (χ2n) is 4.00. The zero-order valence-corrected chi connectivity index (χ0v) is 7.22. The first kappa shape index (κ1) is 6.40. The van der Waals surface area contributed by atoms with Crippen LogP contribution in [-0.2, 0) is 0 Å². The van der Waals surface area contributed by atoms with Crippen LogP contribution in [0.1, 0.15) is 12.8 Å². The highest BCUT2D eigenvalue weighted by molar-refractivity contribution is 5.71. The SMILES string of the molecule is CN1CC2(CC2)Nc2cc[nH]c21. The fourth-order valence-electron chi connectivity index (χ4n) is 2.07. The lowest BCUT2D eigenvalue weighted by molar-refractivity contribution is 0.682. The van der Waals surface area contributed by atoms with Crippen molar-refractivity contribution in [1.29, 1.82) is 0 Å². The van der Waals surface area contributed by atoms with E-state index in [1.165, 1.54) is 24.3 Å². The summed E-state index contributed by atoms with van der Waals surface area (Å²) in [5, 5.41) is 3.58. The van der Waals surface area contributed by atoms with E-state index in [-0.39, 0.29) is 0 Å². The second kappa shape index (κ2) is 1.79. The minimum Gasteiger partial charge on any atom is -0.375 e. The number of nitrogens with zero attached hydrogens (tertiary/aromatic N) is 1. The van der Waals surface area contributed by atoms with Crippen molar-refractivity contribution < 1.29 is 0 Å². The van der Waals surface area contributed by atoms with E-state index in [1.807, 2.05) is 6.20 Å². The molecular weight excluding hydrogens is 150 g/mol. The van der Waals surface area contributed by atoms with Gasteiger partial charge in [-0.25, -0.2) is 0 Å². The highest BCUT2D eigenvalue weighted by atomic mass is 15.3. The number of aromatic nitrogens is 1. The molecule has 1 aromatic heterocycles. The molecule has 0 amide bonds. The standard InChI is InChI=1S/C9H13N3/c1-12-6-9(3-4-9)11-7-2-5-10-8(7)12/h2,5,10-11H,3-4,6H2,1H3. The Bertz CT molecular complexity index is 311. The smallest absolute Gasteiger partial charge is 0.129 e. The van der Waals surface area contributed by atoms with Crippen LogP contribution in [0.5, 0.6) is 0 Å². The largest absolute Gasteiger partial charge is 0.375 e. The molecule has 1 fully saturated rings. The molecule has 1 spiro atoms. The van der Waals surface area contributed by atoms with Crippen LogP contribution in [0.3, 0.4) is 0 Å². The molecule has 0 saturated heterocycles. The van der Waals surface area contributed by atoms with Crippen molar-refractivity contribution in [2.45, 2.75) is 18.4 Å². The summed E-state index contributed by atoms with van der Waals surface area (Å²) in [5.41, 5.74) is 1.69. The second-order valence-corrected chi connectivity index (χ2v) is 4.00. The molecule has 1 saturated carbocycles. The highest BCUT2D eigenvalue weighted by Crippen LogP contribution is 2.45. The van der Waals surface area contributed by atoms with Crippen LogP contribution in [0.4, 0.5) is 11.5 Å². The molecule has 1 aromatic rings. The van der Waals surface area contributed by atoms with Crippen LogP contribution in [-0.4, -0.2) is 24.1 Å². The van der Waals surface area contributed by atoms with E-state index >= 15 is 0 Å². The van der Waals surface area contributed by atoms with Gasteiger partial charge in [-0.3, -0.25) is 0 Å². The first-order chi connectivity index (χ1) is 5.79. The van der Waals surface area contributed by atoms with Crippen LogP contribution >= 0.6 is 0 Å². The first-order valence-electron chi connectivity index (χ1n) is 4.46. The summed E-state index contributed by atoms with van der Waals surface area (Å²) in [7, 11) is 2.15. The number of aromatic amines is 1. The normalized spacial score (nSPS) is 23.6. The van der Waals surface area contributed by atoms with Gasteiger partial charge in [-0.1, -0.05) is 0 Å². The van der Waals surface area contributed by atoms with Gasteiger partial charge in [-0.2, -0.15) is 0 Å². The van der Waals surface area contributed by atoms with E-state index < -0.39 is 0 Å². The van der Waals surface area contributed by atoms with Crippen molar-refractivity contribution in [2.24, 2.45) is 0 Å². The molecule has 0 atom stereocenters. The monoisotopic (exact) mass is 163 g/mol. The molecule has 0 bridgehead atoms. The fraction of sp³-hybridized carbons (Fsp3) is 0.556. The number of hydrogen-bond acceptors (Lipinski definition) is 2. The predicted octanol–water partition coefficient (Wildman–Crippen LogP) is 1.41. The number of fused-ring (bicyclic) bond motifs is 1. The van der Waals surface area contributed by atoms with Crippen molar-refractivity contribution in [2.75, 3.05) is 23.8 Å². The van der Waals surface area contributed by atoms with Gasteiger partial charge in [0, 0.05) is 19.8 Å². The third-order valence-electron chi connectivity index (χ3n) is 2.90. The molecule has 2 aliphatic rings. The predicted molar refractivity (Wildman–Crippen MR) is 49.7 cm³/mol. The lowest BCUT2D eigenvalue weighted by atomic mass is 10.2. The molecule has 2 N–H and O–H groups in total. The number of hydrogen-bond donors (Lipinski definition) is 2. The van der Waals surface area contributed by atoms with Crippen molar-refractivity contribution in [1.82, 2.24) is 4.98 Å². The Hall–Kier alpha value is -1.12. The molecule has 0 radical (unpaired) electrons. The summed E-state index contributed by atoms with van der Waals surface area (Å²) in [6.07, 6.45) is 4.64. The van der Waals surface area contributed by atoms with E-state index in [1.54, 1.807) is 0 Å². The Labute approximate surface area is 71.8 Å². The number of H-pyrrole nitrogens is 1. The molecule has 2 heterocycles. The Morgan fingerprint density at radius 1 is 1.50 bits per heavy atom. The van der Waals surface area contributed by atoms with Gasteiger partial charge in [0.2, 0.25) is 0 Å². The Kier molecular flexibility index (Phi) is 0.953. The zero-order chi connectivity index (χ0) is 8.18. The van der Waals surface area contributed by atoms with Gasteiger partial charge in [0.1, 0.15) is 5.82 Å². The third-order valence-corrected chi connectivity index (χ3v) is 2.90. The molecule has 3 rings (SSSR count). The number of anilines is 2. The van der Waals surface area contributed by atoms with Gasteiger partial charge < -0.3 is 15.2 Å². The van der Waals surface area contributed by atoms with Crippen molar-refractivity contribution in [3.8, 4) is 0 Å². The number of likely N-dealkylation sites (N-methyl/N-ethyl adjacent to an activating group) is 1. The Morgan fingerprint density at radius 2 is 2.33 bits per heavy atom. The molecule has 12 heavy (non-hydrogen) atoms. The number of rotatable bonds is 0. The average molecular weight is 163 g/mol. The van der Waals surface area contributed by atoms with E-state index in [0.29, 0.717) is 5.54 Å². The molecule has 0 unspecified atom stereocenters. The lowest BCUT2D eigenvalue weighted by Gasteiger charge is -2.32. The van der Waals surface area contributed by atoms with Gasteiger partial charge in [0.05, 0.1) is 11.2 Å². The Balaban J connectivity index is 2.04. The summed E-state index contributed by atoms with van der Waals surface area (Å²) in [5.74, 6) is 1.23. The first-order valence-corrected chi connectivity index (χ1v) is 4.46. The van der Waals surface area contributed by atoms with E-state index in [9.17, 15) is 0 Å². The van der Waals surface area contributed by atoms with Gasteiger partial charge in [-0.15, -0.1) is 0 Å². The average Bonchev–Trinajstić information content (AvgIpc) is 2.63. The lowest BCUT2D eigenvalue weighted by Crippen LogP contribution is -2.40. The maximum absolute atomic E-state index is 3.58. The molecular formula is C9H13N3. The van der Waals surface area contributed by atoms with Crippen LogP contribution < -0.4 is 10.2 Å². The van der Waals surface area contributed by atoms with E-state index in [4.69, 9.17) is 0 Å². The Morgan fingerprint density at radius 3 is 3.08 bits per heavy atom. The minimum atomic E-state index is 0.421. The topological polar surface area (TPSA) is 31.1 Å². The maximum Gasteiger partial charge on any atom is 0.129 e. The summed E-state index contributed by atoms with van der Waals surface area (Å²) in [6, 6.07) is 2.12. The van der Waals surface area contributed by atoms with Gasteiger partial charge in [0.15, 0.2) is 0 Å². The summed E-state index contributed by atoms with van der Waals surface area (Å²) >= 11 is 0. The fourth-order valence-corrected chi connectivity index (χ4v) is 2.07. The highest BCUT2D eigenvalue weighted by Gasteiger charge is 2.46. The number of nitrogens with one attached hydrogen (secondary N) is 2. The van der Waals surface area contributed by atoms with Crippen molar-refractivity contribution in [3.05, 3.63) is 12.3 Å². The zero-order valence-electron chi connectivity index (χ0n) is 7.22. The van der Waals surface area contributed by atoms with Crippen LogP contribution in [0.2, 0.25) is 0 Å². The minimum absolute atomic E-state index is 0.421. The summed E-state index contributed by atoms with van der Waals surface area (Å²) < 4.78 is 0. The molecule has 0 aromatic carbocycles. The van der Waals surface area contributed by atoms with Crippen LogP contribution in [0.25, 0.3) is 0 Å². The van der Waals surface area contributed by atoms with Crippen LogP contribution in [0, 0.1) is 0 Å². The van der Waals surface area contributed by atoms with E-state index in [2.05, 4.69) is 28.3 Å². The maximum atomic E-state index is 3.58. The van der Waals surface area contributed by atoms with Gasteiger partial charge >= 0.3 is 0 Å². The molecule has 1 aliphatic carbocycles. The third kappa shape index (κ3) is 0.709.